The SMILES string of the molecule is CC#CCn1cncc1[C@@H](CC)NC(=O)OC(C)(C)C. The highest BCUT2D eigenvalue weighted by Crippen LogP contribution is 2.17. The second-order valence-corrected chi connectivity index (χ2v) is 5.48. The lowest BCUT2D eigenvalue weighted by Crippen LogP contribution is -2.35. The minimum absolute atomic E-state index is 0.133. The van der Waals surface area contributed by atoms with Crippen LogP contribution in [0, 0.1) is 11.8 Å². The van der Waals surface area contributed by atoms with Crippen molar-refractivity contribution in [1.82, 2.24) is 14.9 Å². The van der Waals surface area contributed by atoms with Crippen LogP contribution in [0.4, 0.5) is 4.79 Å². The molecule has 20 heavy (non-hydrogen) atoms. The third-order valence-electron chi connectivity index (χ3n) is 2.63. The number of rotatable bonds is 4. The monoisotopic (exact) mass is 277 g/mol. The van der Waals surface area contributed by atoms with Crippen LogP contribution >= 0.6 is 0 Å². The first-order valence-electron chi connectivity index (χ1n) is 6.76. The molecule has 0 fully saturated rings. The number of nitrogens with zero attached hydrogens (tertiary/aromatic N) is 2. The Hall–Kier alpha value is -1.96. The molecule has 1 N–H and O–H groups in total. The van der Waals surface area contributed by atoms with E-state index in [1.54, 1.807) is 19.4 Å². The topological polar surface area (TPSA) is 56.2 Å². The van der Waals surface area contributed by atoms with Crippen molar-refractivity contribution in [3.8, 4) is 11.8 Å². The molecule has 1 heterocycles. The molecule has 5 heteroatoms. The maximum Gasteiger partial charge on any atom is 0.408 e. The zero-order valence-electron chi connectivity index (χ0n) is 12.9. The van der Waals surface area contributed by atoms with Crippen LogP contribution in [0.25, 0.3) is 0 Å². The van der Waals surface area contributed by atoms with E-state index in [0.717, 1.165) is 12.1 Å². The number of hydrogen-bond acceptors (Lipinski definition) is 3. The molecule has 0 aliphatic heterocycles. The van der Waals surface area contributed by atoms with Crippen molar-refractivity contribution in [3.63, 3.8) is 0 Å². The van der Waals surface area contributed by atoms with Crippen LogP contribution in [-0.2, 0) is 11.3 Å². The van der Waals surface area contributed by atoms with E-state index in [1.807, 2.05) is 32.3 Å². The molecule has 1 rings (SSSR count). The second-order valence-electron chi connectivity index (χ2n) is 5.48. The molecule has 0 saturated carbocycles. The number of hydrogen-bond donors (Lipinski definition) is 1. The van der Waals surface area contributed by atoms with Crippen LogP contribution in [0.15, 0.2) is 12.5 Å². The van der Waals surface area contributed by atoms with Crippen LogP contribution in [0.1, 0.15) is 52.8 Å². The van der Waals surface area contributed by atoms with E-state index < -0.39 is 11.7 Å². The number of imidazole rings is 1. The minimum Gasteiger partial charge on any atom is -0.444 e. The first-order chi connectivity index (χ1) is 9.37. The third-order valence-corrected chi connectivity index (χ3v) is 2.63. The molecule has 1 atom stereocenters. The Morgan fingerprint density at radius 2 is 2.25 bits per heavy atom. The average molecular weight is 277 g/mol. The molecule has 0 aliphatic rings. The summed E-state index contributed by atoms with van der Waals surface area (Å²) in [5.41, 5.74) is 0.428. The lowest BCUT2D eigenvalue weighted by atomic mass is 10.1. The van der Waals surface area contributed by atoms with Crippen molar-refractivity contribution in [2.24, 2.45) is 0 Å². The molecule has 0 aliphatic carbocycles. The molecule has 1 amide bonds. The Labute approximate surface area is 120 Å². The van der Waals surface area contributed by atoms with Gasteiger partial charge in [0.15, 0.2) is 0 Å². The quantitative estimate of drug-likeness (QED) is 0.861. The van der Waals surface area contributed by atoms with Gasteiger partial charge in [-0.15, -0.1) is 5.92 Å². The van der Waals surface area contributed by atoms with Gasteiger partial charge in [-0.1, -0.05) is 12.8 Å². The van der Waals surface area contributed by atoms with Gasteiger partial charge in [-0.25, -0.2) is 9.78 Å². The van der Waals surface area contributed by atoms with Crippen molar-refractivity contribution in [2.75, 3.05) is 0 Å². The molecule has 1 aromatic heterocycles. The van der Waals surface area contributed by atoms with Gasteiger partial charge in [-0.05, 0) is 34.1 Å². The first-order valence-corrected chi connectivity index (χ1v) is 6.76. The van der Waals surface area contributed by atoms with E-state index in [4.69, 9.17) is 4.74 Å². The Morgan fingerprint density at radius 3 is 2.80 bits per heavy atom. The van der Waals surface area contributed by atoms with E-state index in [9.17, 15) is 4.79 Å². The van der Waals surface area contributed by atoms with Crippen molar-refractivity contribution in [3.05, 3.63) is 18.2 Å². The predicted octanol–water partition coefficient (Wildman–Crippen LogP) is 2.88. The smallest absolute Gasteiger partial charge is 0.408 e. The largest absolute Gasteiger partial charge is 0.444 e. The van der Waals surface area contributed by atoms with Crippen LogP contribution in [0.5, 0.6) is 0 Å². The van der Waals surface area contributed by atoms with E-state index in [1.165, 1.54) is 0 Å². The van der Waals surface area contributed by atoms with E-state index in [0.29, 0.717) is 6.54 Å². The van der Waals surface area contributed by atoms with Gasteiger partial charge in [-0.2, -0.15) is 0 Å². The average Bonchev–Trinajstić information content (AvgIpc) is 2.79. The first kappa shape index (κ1) is 16.1. The molecule has 1 aromatic rings. The van der Waals surface area contributed by atoms with E-state index in [-0.39, 0.29) is 6.04 Å². The van der Waals surface area contributed by atoms with Crippen LogP contribution in [0.2, 0.25) is 0 Å². The fourth-order valence-corrected chi connectivity index (χ4v) is 1.75. The number of carbonyl (C=O) groups is 1. The Balaban J connectivity index is 2.77. The van der Waals surface area contributed by atoms with Crippen LogP contribution in [0.3, 0.4) is 0 Å². The lowest BCUT2D eigenvalue weighted by molar-refractivity contribution is 0.0500. The molecule has 0 saturated heterocycles. The maximum absolute atomic E-state index is 11.9. The van der Waals surface area contributed by atoms with Gasteiger partial charge in [0.05, 0.1) is 30.8 Å². The molecule has 110 valence electrons. The molecule has 0 spiro atoms. The van der Waals surface area contributed by atoms with Gasteiger partial charge in [-0.3, -0.25) is 0 Å². The lowest BCUT2D eigenvalue weighted by Gasteiger charge is -2.23. The number of aromatic nitrogens is 2. The fraction of sp³-hybridized carbons (Fsp3) is 0.600. The molecule has 0 aromatic carbocycles. The second kappa shape index (κ2) is 6.99. The summed E-state index contributed by atoms with van der Waals surface area (Å²) >= 11 is 0. The summed E-state index contributed by atoms with van der Waals surface area (Å²) in [5, 5.41) is 2.87. The van der Waals surface area contributed by atoms with Gasteiger partial charge in [0, 0.05) is 0 Å². The van der Waals surface area contributed by atoms with Gasteiger partial charge in [0.25, 0.3) is 0 Å². The van der Waals surface area contributed by atoms with Gasteiger partial charge in [0.2, 0.25) is 0 Å². The maximum atomic E-state index is 11.9. The number of alkyl carbamates (subject to hydrolysis) is 1. The minimum atomic E-state index is -0.504. The summed E-state index contributed by atoms with van der Waals surface area (Å²) in [6.07, 6.45) is 3.81. The van der Waals surface area contributed by atoms with E-state index >= 15 is 0 Å². The highest BCUT2D eigenvalue weighted by Gasteiger charge is 2.21. The fourth-order valence-electron chi connectivity index (χ4n) is 1.75. The summed E-state index contributed by atoms with van der Waals surface area (Å²) < 4.78 is 7.21. The van der Waals surface area contributed by atoms with Gasteiger partial charge in [0.1, 0.15) is 5.60 Å². The number of ether oxygens (including phenoxy) is 1. The molecular formula is C15H23N3O2. The Kier molecular flexibility index (Phi) is 5.63. The number of amides is 1. The van der Waals surface area contributed by atoms with Crippen molar-refractivity contribution >= 4 is 6.09 Å². The predicted molar refractivity (Wildman–Crippen MR) is 78.1 cm³/mol. The Morgan fingerprint density at radius 1 is 1.55 bits per heavy atom. The standard InChI is InChI=1S/C15H23N3O2/c1-6-8-9-18-11-16-10-13(18)12(7-2)17-14(19)20-15(3,4)5/h10-12H,7,9H2,1-5H3,(H,17,19)/t12-/m1/s1. The molecule has 0 bridgehead atoms. The summed E-state index contributed by atoms with van der Waals surface area (Å²) in [6.45, 7) is 9.90. The number of carbonyl (C=O) groups excluding carboxylic acids is 1. The highest BCUT2D eigenvalue weighted by molar-refractivity contribution is 5.68. The zero-order chi connectivity index (χ0) is 15.2. The molecule has 0 radical (unpaired) electrons. The number of nitrogens with one attached hydrogen (secondary N) is 1. The Bertz CT molecular complexity index is 503. The highest BCUT2D eigenvalue weighted by atomic mass is 16.6. The third kappa shape index (κ3) is 4.96. The van der Waals surface area contributed by atoms with Crippen LogP contribution < -0.4 is 5.32 Å². The summed E-state index contributed by atoms with van der Waals surface area (Å²) in [6, 6.07) is -0.133. The van der Waals surface area contributed by atoms with Crippen molar-refractivity contribution < 1.29 is 9.53 Å². The summed E-state index contributed by atoms with van der Waals surface area (Å²) in [7, 11) is 0. The zero-order valence-corrected chi connectivity index (χ0v) is 12.9. The summed E-state index contributed by atoms with van der Waals surface area (Å²) in [5.74, 6) is 5.84. The molecular weight excluding hydrogens is 254 g/mol. The van der Waals surface area contributed by atoms with Crippen molar-refractivity contribution in [1.29, 1.82) is 0 Å². The van der Waals surface area contributed by atoms with Crippen molar-refractivity contribution in [2.45, 2.75) is 59.2 Å². The van der Waals surface area contributed by atoms with Gasteiger partial charge < -0.3 is 14.6 Å². The summed E-state index contributed by atoms with van der Waals surface area (Å²) in [4.78, 5) is 16.0. The normalized spacial score (nSPS) is 12.2. The van der Waals surface area contributed by atoms with Gasteiger partial charge >= 0.3 is 6.09 Å². The van der Waals surface area contributed by atoms with E-state index in [2.05, 4.69) is 22.1 Å². The molecule has 5 nitrogen and oxygen atoms in total. The molecule has 0 unspecified atom stereocenters. The van der Waals surface area contributed by atoms with Crippen LogP contribution in [-0.4, -0.2) is 21.2 Å².